The third kappa shape index (κ3) is 4.49. The molecule has 0 amide bonds. The summed E-state index contributed by atoms with van der Waals surface area (Å²) in [6.07, 6.45) is 1.64. The molecule has 3 nitrogen and oxygen atoms in total. The standard InChI is InChI=1S/C12H26N2O/c1-4-14(5-2)8-9-15-12-6-7-13-10-11(12)3/h11-13H,4-10H2,1-3H3. The summed E-state index contributed by atoms with van der Waals surface area (Å²) < 4.78 is 5.95. The van der Waals surface area contributed by atoms with Crippen molar-refractivity contribution in [1.29, 1.82) is 0 Å². The molecular formula is C12H26N2O. The van der Waals surface area contributed by atoms with Crippen LogP contribution >= 0.6 is 0 Å². The van der Waals surface area contributed by atoms with E-state index in [0.717, 1.165) is 39.3 Å². The van der Waals surface area contributed by atoms with E-state index in [1.807, 2.05) is 0 Å². The van der Waals surface area contributed by atoms with Crippen LogP contribution in [0.2, 0.25) is 0 Å². The lowest BCUT2D eigenvalue weighted by molar-refractivity contribution is -0.00757. The van der Waals surface area contributed by atoms with E-state index >= 15 is 0 Å². The van der Waals surface area contributed by atoms with Gasteiger partial charge in [0.15, 0.2) is 0 Å². The molecule has 0 aromatic rings. The third-order valence-electron chi connectivity index (χ3n) is 3.34. The molecule has 0 aromatic carbocycles. The lowest BCUT2D eigenvalue weighted by Crippen LogP contribution is -2.41. The van der Waals surface area contributed by atoms with Gasteiger partial charge in [-0.05, 0) is 32.0 Å². The lowest BCUT2D eigenvalue weighted by atomic mass is 9.98. The highest BCUT2D eigenvalue weighted by atomic mass is 16.5. The normalized spacial score (nSPS) is 27.2. The molecule has 1 saturated heterocycles. The second-order valence-electron chi connectivity index (χ2n) is 4.41. The Bertz CT molecular complexity index is 160. The number of likely N-dealkylation sites (N-methyl/N-ethyl adjacent to an activating group) is 1. The predicted molar refractivity (Wildman–Crippen MR) is 64.2 cm³/mol. The van der Waals surface area contributed by atoms with Gasteiger partial charge >= 0.3 is 0 Å². The Balaban J connectivity index is 2.12. The molecule has 1 N–H and O–H groups in total. The van der Waals surface area contributed by atoms with Crippen molar-refractivity contribution in [2.24, 2.45) is 5.92 Å². The summed E-state index contributed by atoms with van der Waals surface area (Å²) in [5, 5.41) is 3.40. The number of hydrogen-bond acceptors (Lipinski definition) is 3. The molecule has 90 valence electrons. The van der Waals surface area contributed by atoms with Crippen molar-refractivity contribution in [3.05, 3.63) is 0 Å². The van der Waals surface area contributed by atoms with Crippen LogP contribution in [-0.4, -0.2) is 50.3 Å². The van der Waals surface area contributed by atoms with Crippen molar-refractivity contribution in [3.8, 4) is 0 Å². The van der Waals surface area contributed by atoms with Crippen molar-refractivity contribution < 1.29 is 4.74 Å². The van der Waals surface area contributed by atoms with Crippen molar-refractivity contribution in [2.45, 2.75) is 33.3 Å². The molecule has 15 heavy (non-hydrogen) atoms. The Labute approximate surface area is 94.2 Å². The molecule has 1 aliphatic rings. The van der Waals surface area contributed by atoms with E-state index in [4.69, 9.17) is 4.74 Å². The first-order valence-corrected chi connectivity index (χ1v) is 6.32. The minimum absolute atomic E-state index is 0.474. The van der Waals surface area contributed by atoms with E-state index in [1.54, 1.807) is 0 Å². The van der Waals surface area contributed by atoms with Gasteiger partial charge in [0.2, 0.25) is 0 Å². The average Bonchev–Trinajstić information content (AvgIpc) is 2.27. The molecule has 0 aromatic heterocycles. The SMILES string of the molecule is CCN(CC)CCOC1CCNCC1C. The minimum atomic E-state index is 0.474. The summed E-state index contributed by atoms with van der Waals surface area (Å²) in [4.78, 5) is 2.41. The van der Waals surface area contributed by atoms with Crippen molar-refractivity contribution >= 4 is 0 Å². The summed E-state index contributed by atoms with van der Waals surface area (Å²) in [5.41, 5.74) is 0. The van der Waals surface area contributed by atoms with Gasteiger partial charge in [-0.1, -0.05) is 20.8 Å². The fraction of sp³-hybridized carbons (Fsp3) is 1.00. The van der Waals surface area contributed by atoms with Crippen LogP contribution in [0.25, 0.3) is 0 Å². The number of hydrogen-bond donors (Lipinski definition) is 1. The smallest absolute Gasteiger partial charge is 0.0625 e. The zero-order chi connectivity index (χ0) is 11.1. The maximum Gasteiger partial charge on any atom is 0.0625 e. The van der Waals surface area contributed by atoms with Gasteiger partial charge in [-0.3, -0.25) is 0 Å². The summed E-state index contributed by atoms with van der Waals surface area (Å²) >= 11 is 0. The van der Waals surface area contributed by atoms with Crippen LogP contribution in [0.3, 0.4) is 0 Å². The quantitative estimate of drug-likeness (QED) is 0.722. The summed E-state index contributed by atoms with van der Waals surface area (Å²) in [5.74, 6) is 0.662. The van der Waals surface area contributed by atoms with Gasteiger partial charge in [-0.2, -0.15) is 0 Å². The average molecular weight is 214 g/mol. The van der Waals surface area contributed by atoms with Crippen molar-refractivity contribution in [1.82, 2.24) is 10.2 Å². The molecule has 0 bridgehead atoms. The maximum atomic E-state index is 5.95. The Kier molecular flexibility index (Phi) is 6.22. The largest absolute Gasteiger partial charge is 0.377 e. The predicted octanol–water partition coefficient (Wildman–Crippen LogP) is 1.34. The zero-order valence-corrected chi connectivity index (χ0v) is 10.5. The van der Waals surface area contributed by atoms with Crippen LogP contribution in [0.4, 0.5) is 0 Å². The Morgan fingerprint density at radius 3 is 2.67 bits per heavy atom. The summed E-state index contributed by atoms with van der Waals surface area (Å²) in [7, 11) is 0. The Morgan fingerprint density at radius 2 is 2.07 bits per heavy atom. The number of nitrogens with zero attached hydrogens (tertiary/aromatic N) is 1. The van der Waals surface area contributed by atoms with Gasteiger partial charge in [0.25, 0.3) is 0 Å². The topological polar surface area (TPSA) is 24.5 Å². The highest BCUT2D eigenvalue weighted by molar-refractivity contribution is 4.75. The molecule has 3 heteroatoms. The first-order valence-electron chi connectivity index (χ1n) is 6.32. The van der Waals surface area contributed by atoms with Gasteiger partial charge in [-0.25, -0.2) is 0 Å². The molecule has 2 atom stereocenters. The van der Waals surface area contributed by atoms with E-state index in [0.29, 0.717) is 12.0 Å². The first kappa shape index (κ1) is 12.9. The molecule has 2 unspecified atom stereocenters. The molecule has 1 aliphatic heterocycles. The maximum absolute atomic E-state index is 5.95. The monoisotopic (exact) mass is 214 g/mol. The minimum Gasteiger partial charge on any atom is -0.377 e. The van der Waals surface area contributed by atoms with Crippen LogP contribution in [0.15, 0.2) is 0 Å². The first-order chi connectivity index (χ1) is 7.27. The molecule has 1 rings (SSSR count). The molecule has 0 saturated carbocycles. The number of ether oxygens (including phenoxy) is 1. The summed E-state index contributed by atoms with van der Waals surface area (Å²) in [6, 6.07) is 0. The summed E-state index contributed by atoms with van der Waals surface area (Å²) in [6.45, 7) is 13.1. The fourth-order valence-electron chi connectivity index (χ4n) is 2.11. The highest BCUT2D eigenvalue weighted by Gasteiger charge is 2.21. The van der Waals surface area contributed by atoms with E-state index in [-0.39, 0.29) is 0 Å². The Morgan fingerprint density at radius 1 is 1.33 bits per heavy atom. The molecule has 0 radical (unpaired) electrons. The van der Waals surface area contributed by atoms with Gasteiger partial charge in [0.1, 0.15) is 0 Å². The van der Waals surface area contributed by atoms with Gasteiger partial charge in [-0.15, -0.1) is 0 Å². The van der Waals surface area contributed by atoms with Crippen LogP contribution in [0.1, 0.15) is 27.2 Å². The van der Waals surface area contributed by atoms with E-state index in [9.17, 15) is 0 Å². The van der Waals surface area contributed by atoms with Crippen LogP contribution in [-0.2, 0) is 4.74 Å². The zero-order valence-electron chi connectivity index (χ0n) is 10.5. The van der Waals surface area contributed by atoms with E-state index < -0.39 is 0 Å². The number of piperidine rings is 1. The Hall–Kier alpha value is -0.120. The highest BCUT2D eigenvalue weighted by Crippen LogP contribution is 2.14. The van der Waals surface area contributed by atoms with E-state index in [2.05, 4.69) is 31.0 Å². The third-order valence-corrected chi connectivity index (χ3v) is 3.34. The van der Waals surface area contributed by atoms with Gasteiger partial charge in [0, 0.05) is 13.1 Å². The molecule has 1 heterocycles. The molecule has 0 spiro atoms. The molecule has 0 aliphatic carbocycles. The van der Waals surface area contributed by atoms with E-state index in [1.165, 1.54) is 6.42 Å². The van der Waals surface area contributed by atoms with Crippen molar-refractivity contribution in [2.75, 3.05) is 39.3 Å². The van der Waals surface area contributed by atoms with Crippen LogP contribution < -0.4 is 5.32 Å². The number of rotatable bonds is 6. The van der Waals surface area contributed by atoms with Gasteiger partial charge < -0.3 is 15.0 Å². The lowest BCUT2D eigenvalue weighted by Gasteiger charge is -2.30. The fourth-order valence-corrected chi connectivity index (χ4v) is 2.11. The second-order valence-corrected chi connectivity index (χ2v) is 4.41. The van der Waals surface area contributed by atoms with Crippen LogP contribution in [0.5, 0.6) is 0 Å². The van der Waals surface area contributed by atoms with Crippen LogP contribution in [0, 0.1) is 5.92 Å². The molecule has 1 fully saturated rings. The van der Waals surface area contributed by atoms with Gasteiger partial charge in [0.05, 0.1) is 12.7 Å². The van der Waals surface area contributed by atoms with Crippen molar-refractivity contribution in [3.63, 3.8) is 0 Å². The molecular weight excluding hydrogens is 188 g/mol. The second kappa shape index (κ2) is 7.20. The number of nitrogens with one attached hydrogen (secondary N) is 1.